The molecule has 2 rings (SSSR count). The maximum atomic E-state index is 12.9. The van der Waals surface area contributed by atoms with Crippen LogP contribution in [0.25, 0.3) is 0 Å². The van der Waals surface area contributed by atoms with Crippen LogP contribution in [0.2, 0.25) is 0 Å². The lowest BCUT2D eigenvalue weighted by Crippen LogP contribution is -2.53. The van der Waals surface area contributed by atoms with Gasteiger partial charge in [0.2, 0.25) is 11.6 Å². The fraction of sp³-hybridized carbons (Fsp3) is 0.385. The molecule has 0 heterocycles. The fourth-order valence-corrected chi connectivity index (χ4v) is 1.96. The number of aryl methyl sites for hydroxylation is 2. The molecule has 0 saturated heterocycles. The van der Waals surface area contributed by atoms with E-state index in [4.69, 9.17) is 0 Å². The molecule has 0 N–H and O–H groups in total. The molecule has 0 saturated carbocycles. The van der Waals surface area contributed by atoms with E-state index in [-0.39, 0.29) is 6.61 Å². The maximum absolute atomic E-state index is 12.9. The van der Waals surface area contributed by atoms with Gasteiger partial charge in [-0.15, -0.1) is 0 Å². The van der Waals surface area contributed by atoms with Gasteiger partial charge in [0.05, 0.1) is 0 Å². The Bertz CT molecular complexity index is 528. The summed E-state index contributed by atoms with van der Waals surface area (Å²) in [6.45, 7) is 3.21. The molecule has 1 aromatic rings. The molecule has 0 atom stereocenters. The quantitative estimate of drug-likeness (QED) is 0.750. The van der Waals surface area contributed by atoms with Crippen molar-refractivity contribution in [3.63, 3.8) is 0 Å². The highest BCUT2D eigenvalue weighted by atomic mass is 19.3. The Morgan fingerprint density at radius 2 is 1.47 bits per heavy atom. The second kappa shape index (κ2) is 4.21. The third-order valence-corrected chi connectivity index (χ3v) is 2.82. The van der Waals surface area contributed by atoms with E-state index in [2.05, 4.69) is 4.74 Å². The van der Waals surface area contributed by atoms with Gasteiger partial charge in [-0.3, -0.25) is 0 Å². The number of alkyl halides is 4. The van der Waals surface area contributed by atoms with Gasteiger partial charge in [-0.1, -0.05) is 29.3 Å². The molecule has 0 spiro atoms. The van der Waals surface area contributed by atoms with E-state index in [1.807, 2.05) is 6.07 Å². The highest BCUT2D eigenvalue weighted by Crippen LogP contribution is 2.56. The average molecular weight is 278 g/mol. The number of benzene rings is 1. The largest absolute Gasteiger partial charge is 0.484 e. The third-order valence-electron chi connectivity index (χ3n) is 2.82. The second-order valence-electron chi connectivity index (χ2n) is 4.58. The van der Waals surface area contributed by atoms with Gasteiger partial charge in [-0.05, 0) is 19.4 Å². The minimum Gasteiger partial charge on any atom is -0.484 e. The van der Waals surface area contributed by atoms with E-state index in [0.29, 0.717) is 5.56 Å². The smallest absolute Gasteiger partial charge is 0.375 e. The van der Waals surface area contributed by atoms with Crippen LogP contribution in [0.1, 0.15) is 16.7 Å². The van der Waals surface area contributed by atoms with Crippen LogP contribution < -0.4 is 0 Å². The van der Waals surface area contributed by atoms with Crippen LogP contribution in [-0.2, 0) is 11.3 Å². The molecule has 1 nitrogen and oxygen atoms in total. The van der Waals surface area contributed by atoms with Crippen LogP contribution >= 0.6 is 0 Å². The standard InChI is InChI=1S/C13H11F5O/c1-7-3-8(2)5-9(4-7)6-19-11-10(14)12(15,16)13(11,17)18/h3-5H,6H2,1-2H3. The van der Waals surface area contributed by atoms with Crippen LogP contribution in [0, 0.1) is 13.8 Å². The Hall–Kier alpha value is -1.59. The van der Waals surface area contributed by atoms with Gasteiger partial charge < -0.3 is 4.74 Å². The summed E-state index contributed by atoms with van der Waals surface area (Å²) in [7, 11) is 0. The zero-order valence-corrected chi connectivity index (χ0v) is 10.2. The summed E-state index contributed by atoms with van der Waals surface area (Å²) < 4.78 is 68.3. The first-order valence-corrected chi connectivity index (χ1v) is 5.52. The van der Waals surface area contributed by atoms with E-state index in [1.54, 1.807) is 26.0 Å². The van der Waals surface area contributed by atoms with Crippen molar-refractivity contribution >= 4 is 0 Å². The fourth-order valence-electron chi connectivity index (χ4n) is 1.96. The molecular weight excluding hydrogens is 267 g/mol. The lowest BCUT2D eigenvalue weighted by atomic mass is 9.96. The molecule has 19 heavy (non-hydrogen) atoms. The molecule has 6 heteroatoms. The van der Waals surface area contributed by atoms with Gasteiger partial charge in [0, 0.05) is 0 Å². The summed E-state index contributed by atoms with van der Waals surface area (Å²) in [6, 6.07) is 5.16. The Labute approximate surface area is 106 Å². The summed E-state index contributed by atoms with van der Waals surface area (Å²) in [5.41, 5.74) is 2.27. The Balaban J connectivity index is 2.14. The van der Waals surface area contributed by atoms with E-state index >= 15 is 0 Å². The minimum absolute atomic E-state index is 0.378. The summed E-state index contributed by atoms with van der Waals surface area (Å²) in [5.74, 6) is -13.1. The molecule has 0 bridgehead atoms. The summed E-state index contributed by atoms with van der Waals surface area (Å²) in [6.07, 6.45) is 0. The molecule has 0 fully saturated rings. The third kappa shape index (κ3) is 2.09. The summed E-state index contributed by atoms with van der Waals surface area (Å²) in [5, 5.41) is 0. The summed E-state index contributed by atoms with van der Waals surface area (Å²) >= 11 is 0. The van der Waals surface area contributed by atoms with Crippen molar-refractivity contribution in [3.8, 4) is 0 Å². The minimum atomic E-state index is -4.76. The molecule has 0 aromatic heterocycles. The van der Waals surface area contributed by atoms with Crippen molar-refractivity contribution in [2.45, 2.75) is 32.3 Å². The van der Waals surface area contributed by atoms with Crippen LogP contribution in [0.5, 0.6) is 0 Å². The number of allylic oxidation sites excluding steroid dienone is 2. The Kier molecular flexibility index (Phi) is 3.07. The highest BCUT2D eigenvalue weighted by Gasteiger charge is 2.74. The predicted molar refractivity (Wildman–Crippen MR) is 58.7 cm³/mol. The van der Waals surface area contributed by atoms with Crippen LogP contribution in [-0.4, -0.2) is 11.8 Å². The van der Waals surface area contributed by atoms with E-state index < -0.39 is 23.4 Å². The predicted octanol–water partition coefficient (Wildman–Crippen LogP) is 4.29. The van der Waals surface area contributed by atoms with Gasteiger partial charge in [0.15, 0.2) is 0 Å². The Morgan fingerprint density at radius 1 is 0.947 bits per heavy atom. The van der Waals surface area contributed by atoms with E-state index in [9.17, 15) is 22.0 Å². The normalized spacial score (nSPS) is 20.2. The zero-order valence-electron chi connectivity index (χ0n) is 10.2. The lowest BCUT2D eigenvalue weighted by molar-refractivity contribution is -0.233. The molecule has 1 aliphatic rings. The van der Waals surface area contributed by atoms with E-state index in [1.165, 1.54) is 0 Å². The molecule has 0 radical (unpaired) electrons. The van der Waals surface area contributed by atoms with Crippen LogP contribution in [0.4, 0.5) is 22.0 Å². The number of hydrogen-bond acceptors (Lipinski definition) is 1. The first-order valence-electron chi connectivity index (χ1n) is 5.52. The molecule has 0 unspecified atom stereocenters. The maximum Gasteiger partial charge on any atom is 0.375 e. The van der Waals surface area contributed by atoms with E-state index in [0.717, 1.165) is 11.1 Å². The van der Waals surface area contributed by atoms with Gasteiger partial charge >= 0.3 is 11.8 Å². The number of ether oxygens (including phenoxy) is 1. The SMILES string of the molecule is Cc1cc(C)cc(COC2=C(F)C(F)(F)C2(F)F)c1. The Morgan fingerprint density at radius 3 is 1.95 bits per heavy atom. The lowest BCUT2D eigenvalue weighted by Gasteiger charge is -2.35. The molecular formula is C13H11F5O. The molecule has 0 amide bonds. The topological polar surface area (TPSA) is 9.23 Å². The second-order valence-corrected chi connectivity index (χ2v) is 4.58. The van der Waals surface area contributed by atoms with Crippen molar-refractivity contribution in [2.75, 3.05) is 0 Å². The van der Waals surface area contributed by atoms with Crippen molar-refractivity contribution < 1.29 is 26.7 Å². The number of rotatable bonds is 3. The van der Waals surface area contributed by atoms with Gasteiger partial charge in [0.1, 0.15) is 6.61 Å². The van der Waals surface area contributed by atoms with Crippen molar-refractivity contribution in [2.24, 2.45) is 0 Å². The molecule has 1 aromatic carbocycles. The molecule has 0 aliphatic heterocycles. The first-order chi connectivity index (χ1) is 8.66. The summed E-state index contributed by atoms with van der Waals surface area (Å²) in [4.78, 5) is 0. The zero-order chi connectivity index (χ0) is 14.4. The van der Waals surface area contributed by atoms with Crippen LogP contribution in [0.3, 0.4) is 0 Å². The van der Waals surface area contributed by atoms with Gasteiger partial charge in [-0.2, -0.15) is 17.6 Å². The van der Waals surface area contributed by atoms with Gasteiger partial charge in [0.25, 0.3) is 0 Å². The highest BCUT2D eigenvalue weighted by molar-refractivity contribution is 5.36. The monoisotopic (exact) mass is 278 g/mol. The number of halogens is 5. The van der Waals surface area contributed by atoms with Crippen LogP contribution in [0.15, 0.2) is 29.8 Å². The number of hydrogen-bond donors (Lipinski definition) is 0. The first kappa shape index (κ1) is 13.8. The van der Waals surface area contributed by atoms with Crippen molar-refractivity contribution in [1.82, 2.24) is 0 Å². The molecule has 1 aliphatic carbocycles. The van der Waals surface area contributed by atoms with Crippen molar-refractivity contribution in [3.05, 3.63) is 46.5 Å². The average Bonchev–Trinajstić information content (AvgIpc) is 2.26. The van der Waals surface area contributed by atoms with Gasteiger partial charge in [-0.25, -0.2) is 4.39 Å². The molecule has 104 valence electrons. The van der Waals surface area contributed by atoms with Crippen molar-refractivity contribution in [1.29, 1.82) is 0 Å².